The molecule has 0 aliphatic heterocycles. The van der Waals surface area contributed by atoms with E-state index >= 15 is 0 Å². The monoisotopic (exact) mass is 103 g/mol. The van der Waals surface area contributed by atoms with Gasteiger partial charge < -0.3 is 10.8 Å². The molecule has 3 N–H and O–H groups in total. The molecule has 0 saturated carbocycles. The van der Waals surface area contributed by atoms with Gasteiger partial charge in [-0.1, -0.05) is 6.92 Å². The minimum absolute atomic E-state index is 0.116. The van der Waals surface area contributed by atoms with E-state index in [1.807, 2.05) is 13.8 Å². The summed E-state index contributed by atoms with van der Waals surface area (Å²) in [6.45, 7) is 4.00. The van der Waals surface area contributed by atoms with E-state index < -0.39 is 0 Å². The highest BCUT2D eigenvalue weighted by molar-refractivity contribution is 4.60. The zero-order chi connectivity index (χ0) is 5.86. The van der Waals surface area contributed by atoms with Crippen LogP contribution < -0.4 is 5.73 Å². The summed E-state index contributed by atoms with van der Waals surface area (Å²) in [5.74, 6) is 0.236. The predicted octanol–water partition coefficient (Wildman–Crippen LogP) is -0.0380. The van der Waals surface area contributed by atoms with Crippen molar-refractivity contribution in [3.05, 3.63) is 0 Å². The van der Waals surface area contributed by atoms with Gasteiger partial charge in [-0.3, -0.25) is 0 Å². The molecule has 44 valence electrons. The fraction of sp³-hybridized carbons (Fsp3) is 1.00. The quantitative estimate of drug-likeness (QED) is 0.515. The third-order valence-corrected chi connectivity index (χ3v) is 1.19. The van der Waals surface area contributed by atoms with Crippen LogP contribution in [-0.4, -0.2) is 17.8 Å². The molecule has 0 spiro atoms. The highest BCUT2D eigenvalue weighted by Gasteiger charge is 2.02. The topological polar surface area (TPSA) is 46.2 Å². The summed E-state index contributed by atoms with van der Waals surface area (Å²) in [6.07, 6.45) is 0. The zero-order valence-electron chi connectivity index (χ0n) is 4.89. The lowest BCUT2D eigenvalue weighted by Gasteiger charge is -2.09. The second-order valence-corrected chi connectivity index (χ2v) is 2.02. The Morgan fingerprint density at radius 1 is 1.57 bits per heavy atom. The second kappa shape index (κ2) is 2.99. The van der Waals surface area contributed by atoms with Crippen LogP contribution in [0.2, 0.25) is 0 Å². The number of nitrogens with two attached hydrogens (primary N) is 1. The maximum atomic E-state index is 8.43. The third kappa shape index (κ3) is 2.60. The fourth-order valence-corrected chi connectivity index (χ4v) is 0.166. The molecule has 0 aliphatic rings. The highest BCUT2D eigenvalue weighted by Crippen LogP contribution is 1.95. The van der Waals surface area contributed by atoms with Crippen molar-refractivity contribution in [2.24, 2.45) is 11.7 Å². The van der Waals surface area contributed by atoms with Crippen molar-refractivity contribution in [1.29, 1.82) is 0 Å². The molecule has 0 aromatic rings. The SMILES string of the molecule is CC(CO)[C@@H](C)N. The summed E-state index contributed by atoms with van der Waals surface area (Å²) in [6, 6.07) is 0.116. The van der Waals surface area contributed by atoms with Gasteiger partial charge in [0.1, 0.15) is 0 Å². The molecular weight excluding hydrogens is 90.1 g/mol. The summed E-state index contributed by atoms with van der Waals surface area (Å²) >= 11 is 0. The summed E-state index contributed by atoms with van der Waals surface area (Å²) < 4.78 is 0. The fourth-order valence-electron chi connectivity index (χ4n) is 0.166. The minimum Gasteiger partial charge on any atom is -0.396 e. The standard InChI is InChI=1S/C5H13NO/c1-4(3-7)5(2)6/h4-5,7H,3,6H2,1-2H3/t4?,5-/m1/s1. The van der Waals surface area contributed by atoms with Crippen LogP contribution in [0.1, 0.15) is 13.8 Å². The van der Waals surface area contributed by atoms with Gasteiger partial charge in [-0.15, -0.1) is 0 Å². The summed E-state index contributed by atoms with van der Waals surface area (Å²) in [4.78, 5) is 0. The Labute approximate surface area is 44.3 Å². The third-order valence-electron chi connectivity index (χ3n) is 1.19. The van der Waals surface area contributed by atoms with Gasteiger partial charge in [-0.25, -0.2) is 0 Å². The lowest BCUT2D eigenvalue weighted by Crippen LogP contribution is -2.26. The maximum absolute atomic E-state index is 8.43. The van der Waals surface area contributed by atoms with Gasteiger partial charge in [0.05, 0.1) is 0 Å². The first-order valence-corrected chi connectivity index (χ1v) is 2.55. The van der Waals surface area contributed by atoms with Gasteiger partial charge in [-0.2, -0.15) is 0 Å². The smallest absolute Gasteiger partial charge is 0.0471 e. The molecule has 0 rings (SSSR count). The zero-order valence-corrected chi connectivity index (χ0v) is 4.89. The molecule has 1 unspecified atom stereocenters. The Balaban J connectivity index is 3.14. The van der Waals surface area contributed by atoms with E-state index in [1.165, 1.54) is 0 Å². The molecule has 7 heavy (non-hydrogen) atoms. The normalized spacial score (nSPS) is 18.9. The van der Waals surface area contributed by atoms with Crippen molar-refractivity contribution in [1.82, 2.24) is 0 Å². The van der Waals surface area contributed by atoms with Crippen molar-refractivity contribution in [3.63, 3.8) is 0 Å². The lowest BCUT2D eigenvalue weighted by atomic mass is 10.1. The first kappa shape index (κ1) is 6.92. The maximum Gasteiger partial charge on any atom is 0.0471 e. The van der Waals surface area contributed by atoms with E-state index in [2.05, 4.69) is 0 Å². The van der Waals surface area contributed by atoms with E-state index in [4.69, 9.17) is 10.8 Å². The van der Waals surface area contributed by atoms with Crippen LogP contribution in [0, 0.1) is 5.92 Å². The lowest BCUT2D eigenvalue weighted by molar-refractivity contribution is 0.221. The van der Waals surface area contributed by atoms with Gasteiger partial charge >= 0.3 is 0 Å². The van der Waals surface area contributed by atoms with Crippen molar-refractivity contribution in [3.8, 4) is 0 Å². The Hall–Kier alpha value is -0.0800. The van der Waals surface area contributed by atoms with Crippen molar-refractivity contribution in [2.45, 2.75) is 19.9 Å². The van der Waals surface area contributed by atoms with Crippen molar-refractivity contribution < 1.29 is 5.11 Å². The van der Waals surface area contributed by atoms with Gasteiger partial charge in [0.2, 0.25) is 0 Å². The molecule has 0 fully saturated rings. The number of hydrogen-bond donors (Lipinski definition) is 2. The van der Waals surface area contributed by atoms with Crippen LogP contribution >= 0.6 is 0 Å². The Kier molecular flexibility index (Phi) is 2.96. The molecule has 0 amide bonds. The van der Waals surface area contributed by atoms with Gasteiger partial charge in [0.25, 0.3) is 0 Å². The summed E-state index contributed by atoms with van der Waals surface area (Å²) in [5, 5.41) is 8.43. The molecule has 0 heterocycles. The number of aliphatic hydroxyl groups is 1. The highest BCUT2D eigenvalue weighted by atomic mass is 16.3. The largest absolute Gasteiger partial charge is 0.396 e. The van der Waals surface area contributed by atoms with Crippen LogP contribution in [0.5, 0.6) is 0 Å². The Morgan fingerprint density at radius 2 is 2.00 bits per heavy atom. The molecule has 2 heteroatoms. The number of aliphatic hydroxyl groups excluding tert-OH is 1. The van der Waals surface area contributed by atoms with Gasteiger partial charge in [0.15, 0.2) is 0 Å². The molecular formula is C5H13NO. The van der Waals surface area contributed by atoms with E-state index in [9.17, 15) is 0 Å². The minimum atomic E-state index is 0.116. The van der Waals surface area contributed by atoms with Gasteiger partial charge in [-0.05, 0) is 12.8 Å². The average molecular weight is 103 g/mol. The first-order chi connectivity index (χ1) is 3.18. The molecule has 0 radical (unpaired) electrons. The molecule has 0 aromatic carbocycles. The van der Waals surface area contributed by atoms with Crippen LogP contribution in [0.25, 0.3) is 0 Å². The predicted molar refractivity (Wildman–Crippen MR) is 29.9 cm³/mol. The molecule has 0 saturated heterocycles. The van der Waals surface area contributed by atoms with E-state index in [-0.39, 0.29) is 18.6 Å². The van der Waals surface area contributed by atoms with Crippen LogP contribution in [-0.2, 0) is 0 Å². The summed E-state index contributed by atoms with van der Waals surface area (Å²) in [5.41, 5.74) is 5.39. The van der Waals surface area contributed by atoms with E-state index in [1.54, 1.807) is 0 Å². The molecule has 0 bridgehead atoms. The molecule has 0 aliphatic carbocycles. The molecule has 2 nitrogen and oxygen atoms in total. The Bertz CT molecular complexity index is 45.3. The van der Waals surface area contributed by atoms with Crippen LogP contribution in [0.3, 0.4) is 0 Å². The molecule has 0 aromatic heterocycles. The molecule has 2 atom stereocenters. The van der Waals surface area contributed by atoms with Crippen LogP contribution in [0.15, 0.2) is 0 Å². The van der Waals surface area contributed by atoms with E-state index in [0.29, 0.717) is 0 Å². The van der Waals surface area contributed by atoms with Gasteiger partial charge in [0, 0.05) is 12.6 Å². The Morgan fingerprint density at radius 3 is 2.00 bits per heavy atom. The second-order valence-electron chi connectivity index (χ2n) is 2.02. The average Bonchev–Trinajstić information content (AvgIpc) is 1.65. The summed E-state index contributed by atoms with van der Waals surface area (Å²) in [7, 11) is 0. The van der Waals surface area contributed by atoms with Crippen LogP contribution in [0.4, 0.5) is 0 Å². The number of hydrogen-bond acceptors (Lipinski definition) is 2. The number of rotatable bonds is 2. The first-order valence-electron chi connectivity index (χ1n) is 2.55. The van der Waals surface area contributed by atoms with Crippen molar-refractivity contribution in [2.75, 3.05) is 6.61 Å². The van der Waals surface area contributed by atoms with Crippen molar-refractivity contribution >= 4 is 0 Å². The van der Waals surface area contributed by atoms with E-state index in [0.717, 1.165) is 0 Å².